The molecule has 0 aliphatic rings. The number of hydrogen-bond donors (Lipinski definition) is 0. The summed E-state index contributed by atoms with van der Waals surface area (Å²) < 4.78 is 30.1. The van der Waals surface area contributed by atoms with Gasteiger partial charge < -0.3 is 23.4 Å². The second-order valence-corrected chi connectivity index (χ2v) is 11.9. The molecule has 10 nitrogen and oxygen atoms in total. The molecule has 0 saturated carbocycles. The van der Waals surface area contributed by atoms with E-state index in [9.17, 15) is 4.79 Å². The lowest BCUT2D eigenvalue weighted by Crippen LogP contribution is -2.23. The molecule has 4 heterocycles. The first-order chi connectivity index (χ1) is 19.7. The van der Waals surface area contributed by atoms with Gasteiger partial charge in [0.25, 0.3) is 5.19 Å². The predicted molar refractivity (Wildman–Crippen MR) is 156 cm³/mol. The van der Waals surface area contributed by atoms with Crippen LogP contribution < -0.4 is 14.2 Å². The Hall–Kier alpha value is -4.42. The molecule has 0 radical (unpaired) electrons. The standard InChI is InChI=1S/C29H26N4O6S2/c1-29(2,3)39-26(34)17-8-6-16(7-9-17)25-30-18(15-40-25)14-37-22-10-19(35-4)11-23-20(22)12-24(38-23)21-13-33-27(31-21)41-28(32-33)36-5/h6-13,15H,14H2,1-5H3. The normalized spacial score (nSPS) is 11.7. The molecule has 41 heavy (non-hydrogen) atoms. The molecule has 12 heteroatoms. The number of methoxy groups -OCH3 is 2. The smallest absolute Gasteiger partial charge is 0.338 e. The summed E-state index contributed by atoms with van der Waals surface area (Å²) in [6.07, 6.45) is 1.79. The van der Waals surface area contributed by atoms with Crippen LogP contribution in [-0.4, -0.2) is 45.4 Å². The van der Waals surface area contributed by atoms with Gasteiger partial charge in [-0.1, -0.05) is 12.1 Å². The summed E-state index contributed by atoms with van der Waals surface area (Å²) >= 11 is 2.85. The lowest BCUT2D eigenvalue weighted by Gasteiger charge is -2.19. The highest BCUT2D eigenvalue weighted by molar-refractivity contribution is 7.18. The zero-order valence-corrected chi connectivity index (χ0v) is 24.6. The molecule has 0 atom stereocenters. The SMILES string of the molecule is COc1cc(OCc2csc(-c3ccc(C(=O)OC(C)(C)C)cc3)n2)c2cc(-c3cn4nc(OC)sc4n3)oc2c1. The van der Waals surface area contributed by atoms with Crippen molar-refractivity contribution in [3.63, 3.8) is 0 Å². The zero-order valence-electron chi connectivity index (χ0n) is 23.0. The number of rotatable bonds is 8. The average molecular weight is 591 g/mol. The molecular formula is C29H26N4O6S2. The van der Waals surface area contributed by atoms with E-state index in [1.54, 1.807) is 37.1 Å². The molecule has 0 unspecified atom stereocenters. The van der Waals surface area contributed by atoms with Crippen LogP contribution in [0, 0.1) is 0 Å². The van der Waals surface area contributed by atoms with E-state index in [0.717, 1.165) is 21.7 Å². The lowest BCUT2D eigenvalue weighted by molar-refractivity contribution is 0.00695. The second kappa shape index (κ2) is 10.5. The van der Waals surface area contributed by atoms with Crippen LogP contribution in [0.25, 0.3) is 38.0 Å². The number of carbonyl (C=O) groups is 1. The summed E-state index contributed by atoms with van der Waals surface area (Å²) in [5.41, 5.74) is 2.89. The third kappa shape index (κ3) is 5.61. The Morgan fingerprint density at radius 1 is 1.05 bits per heavy atom. The summed E-state index contributed by atoms with van der Waals surface area (Å²) in [4.78, 5) is 22.4. The highest BCUT2D eigenvalue weighted by Gasteiger charge is 2.19. The third-order valence-electron chi connectivity index (χ3n) is 5.95. The number of hydrogen-bond acceptors (Lipinski definition) is 11. The Labute approximate surface area is 243 Å². The van der Waals surface area contributed by atoms with Crippen molar-refractivity contribution in [3.05, 3.63) is 65.3 Å². The molecule has 0 aliphatic carbocycles. The fourth-order valence-electron chi connectivity index (χ4n) is 4.07. The molecular weight excluding hydrogens is 564 g/mol. The van der Waals surface area contributed by atoms with Crippen molar-refractivity contribution in [1.82, 2.24) is 19.6 Å². The summed E-state index contributed by atoms with van der Waals surface area (Å²) in [7, 11) is 3.17. The van der Waals surface area contributed by atoms with Gasteiger partial charge in [-0.25, -0.2) is 19.3 Å². The number of esters is 1. The van der Waals surface area contributed by atoms with Crippen LogP contribution in [0.1, 0.15) is 36.8 Å². The van der Waals surface area contributed by atoms with Gasteiger partial charge in [-0.05, 0) is 50.3 Å². The van der Waals surface area contributed by atoms with E-state index in [0.29, 0.717) is 44.3 Å². The maximum atomic E-state index is 12.3. The molecule has 0 N–H and O–H groups in total. The van der Waals surface area contributed by atoms with Gasteiger partial charge in [0.2, 0.25) is 4.96 Å². The number of thiazole rings is 1. The van der Waals surface area contributed by atoms with Crippen LogP contribution in [0.4, 0.5) is 0 Å². The highest BCUT2D eigenvalue weighted by atomic mass is 32.1. The Morgan fingerprint density at radius 3 is 2.56 bits per heavy atom. The minimum atomic E-state index is -0.547. The van der Waals surface area contributed by atoms with E-state index in [2.05, 4.69) is 10.1 Å². The summed E-state index contributed by atoms with van der Waals surface area (Å²) in [5.74, 6) is 1.44. The monoisotopic (exact) mass is 590 g/mol. The topological polar surface area (TPSA) is 110 Å². The number of aromatic nitrogens is 4. The third-order valence-corrected chi connectivity index (χ3v) is 7.78. The Balaban J connectivity index is 1.20. The van der Waals surface area contributed by atoms with Gasteiger partial charge in [0.15, 0.2) is 5.76 Å². The summed E-state index contributed by atoms with van der Waals surface area (Å²) in [5, 5.41) is 8.42. The van der Waals surface area contributed by atoms with Crippen molar-refractivity contribution in [2.24, 2.45) is 0 Å². The van der Waals surface area contributed by atoms with Gasteiger partial charge in [-0.15, -0.1) is 16.4 Å². The lowest BCUT2D eigenvalue weighted by atomic mass is 10.1. The fraction of sp³-hybridized carbons (Fsp3) is 0.241. The van der Waals surface area contributed by atoms with Gasteiger partial charge in [0.1, 0.15) is 40.0 Å². The highest BCUT2D eigenvalue weighted by Crippen LogP contribution is 2.38. The quantitative estimate of drug-likeness (QED) is 0.175. The summed E-state index contributed by atoms with van der Waals surface area (Å²) in [6.45, 7) is 5.78. The molecule has 0 fully saturated rings. The van der Waals surface area contributed by atoms with Crippen LogP contribution in [0.5, 0.6) is 16.7 Å². The van der Waals surface area contributed by atoms with Crippen LogP contribution in [0.3, 0.4) is 0 Å². The Morgan fingerprint density at radius 2 is 1.85 bits per heavy atom. The van der Waals surface area contributed by atoms with Crippen molar-refractivity contribution in [2.75, 3.05) is 14.2 Å². The number of benzene rings is 2. The van der Waals surface area contributed by atoms with Crippen molar-refractivity contribution >= 4 is 44.6 Å². The maximum absolute atomic E-state index is 12.3. The van der Waals surface area contributed by atoms with Crippen molar-refractivity contribution in [3.8, 4) is 38.7 Å². The molecule has 6 aromatic rings. The summed E-state index contributed by atoms with van der Waals surface area (Å²) in [6, 6.07) is 12.8. The molecule has 0 amide bonds. The van der Waals surface area contributed by atoms with E-state index in [4.69, 9.17) is 28.3 Å². The molecule has 0 bridgehead atoms. The van der Waals surface area contributed by atoms with Crippen LogP contribution in [0.15, 0.2) is 58.5 Å². The first-order valence-electron chi connectivity index (χ1n) is 12.6. The number of furan rings is 1. The number of carbonyl (C=O) groups excluding carboxylic acids is 1. The van der Waals surface area contributed by atoms with Crippen LogP contribution in [0.2, 0.25) is 0 Å². The van der Waals surface area contributed by atoms with Crippen molar-refractivity contribution in [2.45, 2.75) is 33.0 Å². The molecule has 0 saturated heterocycles. The molecule has 0 aliphatic heterocycles. The number of fused-ring (bicyclic) bond motifs is 2. The molecule has 210 valence electrons. The van der Waals surface area contributed by atoms with E-state index in [1.807, 2.05) is 56.5 Å². The van der Waals surface area contributed by atoms with Crippen LogP contribution >= 0.6 is 22.7 Å². The minimum absolute atomic E-state index is 0.249. The predicted octanol–water partition coefficient (Wildman–Crippen LogP) is 6.88. The average Bonchev–Trinajstić information content (AvgIpc) is 3.73. The van der Waals surface area contributed by atoms with Gasteiger partial charge in [-0.3, -0.25) is 0 Å². The zero-order chi connectivity index (χ0) is 28.7. The molecule has 0 spiro atoms. The van der Waals surface area contributed by atoms with Crippen molar-refractivity contribution in [1.29, 1.82) is 0 Å². The Kier molecular flexibility index (Phi) is 6.88. The van der Waals surface area contributed by atoms with E-state index in [1.165, 1.54) is 22.7 Å². The largest absolute Gasteiger partial charge is 0.496 e. The first-order valence-corrected chi connectivity index (χ1v) is 14.3. The Bertz CT molecular complexity index is 1830. The van der Waals surface area contributed by atoms with Gasteiger partial charge in [0.05, 0.1) is 37.1 Å². The van der Waals surface area contributed by atoms with E-state index >= 15 is 0 Å². The number of imidazole rings is 1. The van der Waals surface area contributed by atoms with Crippen molar-refractivity contribution < 1.29 is 28.2 Å². The number of nitrogens with zero attached hydrogens (tertiary/aromatic N) is 4. The van der Waals surface area contributed by atoms with Gasteiger partial charge >= 0.3 is 5.97 Å². The van der Waals surface area contributed by atoms with E-state index < -0.39 is 5.60 Å². The van der Waals surface area contributed by atoms with E-state index in [-0.39, 0.29) is 12.6 Å². The first kappa shape index (κ1) is 26.8. The fourth-order valence-corrected chi connectivity index (χ4v) is 5.58. The number of ether oxygens (including phenoxy) is 4. The van der Waals surface area contributed by atoms with Gasteiger partial charge in [0, 0.05) is 23.1 Å². The minimum Gasteiger partial charge on any atom is -0.496 e. The molecule has 4 aromatic heterocycles. The second-order valence-electron chi connectivity index (χ2n) is 10.1. The van der Waals surface area contributed by atoms with Gasteiger partial charge in [-0.2, -0.15) is 0 Å². The molecule has 2 aromatic carbocycles. The molecule has 6 rings (SSSR count). The van der Waals surface area contributed by atoms with Crippen LogP contribution in [-0.2, 0) is 11.3 Å². The maximum Gasteiger partial charge on any atom is 0.338 e.